The number of halogens is 4. The Morgan fingerprint density at radius 1 is 1.22 bits per heavy atom. The van der Waals surface area contributed by atoms with Crippen LogP contribution in [0.15, 0.2) is 23.3 Å². The number of nitrogens with zero attached hydrogens (tertiary/aromatic N) is 1. The molecular weight excluding hydrogens is 252 g/mol. The normalized spacial score (nSPS) is 16.2. The van der Waals surface area contributed by atoms with Crippen molar-refractivity contribution in [2.75, 3.05) is 0 Å². The van der Waals surface area contributed by atoms with Crippen LogP contribution in [0.4, 0.5) is 17.6 Å². The SMILES string of the molecule is O=C1CCC(c2ccc(F)c(C(F)(F)F)c2)=NN1. The van der Waals surface area contributed by atoms with Crippen LogP contribution in [0.2, 0.25) is 0 Å². The van der Waals surface area contributed by atoms with Gasteiger partial charge in [0, 0.05) is 12.8 Å². The second kappa shape index (κ2) is 4.40. The number of hydrogen-bond acceptors (Lipinski definition) is 2. The quantitative estimate of drug-likeness (QED) is 0.774. The van der Waals surface area contributed by atoms with Gasteiger partial charge in [-0.05, 0) is 17.7 Å². The van der Waals surface area contributed by atoms with Gasteiger partial charge in [-0.1, -0.05) is 6.07 Å². The molecule has 1 heterocycles. The van der Waals surface area contributed by atoms with Crippen LogP contribution in [-0.4, -0.2) is 11.6 Å². The van der Waals surface area contributed by atoms with Gasteiger partial charge in [-0.25, -0.2) is 9.82 Å². The highest BCUT2D eigenvalue weighted by molar-refractivity contribution is 6.04. The van der Waals surface area contributed by atoms with Gasteiger partial charge in [0.05, 0.1) is 11.3 Å². The molecular formula is C11H8F4N2O. The van der Waals surface area contributed by atoms with E-state index >= 15 is 0 Å². The first-order valence-corrected chi connectivity index (χ1v) is 5.10. The molecule has 1 aliphatic rings. The van der Waals surface area contributed by atoms with Crippen molar-refractivity contribution < 1.29 is 22.4 Å². The lowest BCUT2D eigenvalue weighted by Crippen LogP contribution is -2.26. The number of amides is 1. The smallest absolute Gasteiger partial charge is 0.273 e. The van der Waals surface area contributed by atoms with E-state index in [0.29, 0.717) is 11.8 Å². The molecule has 0 unspecified atom stereocenters. The van der Waals surface area contributed by atoms with Crippen molar-refractivity contribution in [3.05, 3.63) is 35.1 Å². The molecule has 0 fully saturated rings. The first-order valence-electron chi connectivity index (χ1n) is 5.10. The minimum Gasteiger partial charge on any atom is -0.273 e. The Balaban J connectivity index is 2.39. The average molecular weight is 260 g/mol. The summed E-state index contributed by atoms with van der Waals surface area (Å²) >= 11 is 0. The van der Waals surface area contributed by atoms with E-state index < -0.39 is 17.6 Å². The number of hydrogen-bond donors (Lipinski definition) is 1. The third-order valence-corrected chi connectivity index (χ3v) is 2.51. The third kappa shape index (κ3) is 2.49. The molecule has 7 heteroatoms. The molecule has 1 aliphatic heterocycles. The highest BCUT2D eigenvalue weighted by atomic mass is 19.4. The minimum atomic E-state index is -4.75. The third-order valence-electron chi connectivity index (χ3n) is 2.51. The lowest BCUT2D eigenvalue weighted by molar-refractivity contribution is -0.140. The number of carbonyl (C=O) groups excluding carboxylic acids is 1. The van der Waals surface area contributed by atoms with E-state index in [2.05, 4.69) is 10.5 Å². The Bertz CT molecular complexity index is 522. The van der Waals surface area contributed by atoms with Crippen LogP contribution < -0.4 is 5.43 Å². The van der Waals surface area contributed by atoms with E-state index in [1.807, 2.05) is 0 Å². The van der Waals surface area contributed by atoms with Gasteiger partial charge in [-0.2, -0.15) is 18.3 Å². The van der Waals surface area contributed by atoms with Gasteiger partial charge in [0.1, 0.15) is 5.82 Å². The molecule has 1 aromatic carbocycles. The topological polar surface area (TPSA) is 41.5 Å². The predicted molar refractivity (Wildman–Crippen MR) is 55.3 cm³/mol. The summed E-state index contributed by atoms with van der Waals surface area (Å²) in [5, 5.41) is 3.66. The largest absolute Gasteiger partial charge is 0.419 e. The van der Waals surface area contributed by atoms with Crippen molar-refractivity contribution in [1.29, 1.82) is 0 Å². The lowest BCUT2D eigenvalue weighted by atomic mass is 10.0. The van der Waals surface area contributed by atoms with Crippen molar-refractivity contribution >= 4 is 11.6 Å². The second-order valence-electron chi connectivity index (χ2n) is 3.79. The Labute approximate surface area is 99.5 Å². The molecule has 0 aromatic heterocycles. The predicted octanol–water partition coefficient (Wildman–Crippen LogP) is 2.46. The maximum atomic E-state index is 13.1. The summed E-state index contributed by atoms with van der Waals surface area (Å²) in [5.41, 5.74) is 1.31. The molecule has 1 amide bonds. The number of alkyl halides is 3. The van der Waals surface area contributed by atoms with E-state index in [-0.39, 0.29) is 24.3 Å². The van der Waals surface area contributed by atoms with Crippen LogP contribution in [-0.2, 0) is 11.0 Å². The fraction of sp³-hybridized carbons (Fsp3) is 0.273. The number of carbonyl (C=O) groups is 1. The van der Waals surface area contributed by atoms with E-state index in [4.69, 9.17) is 0 Å². The van der Waals surface area contributed by atoms with Gasteiger partial charge in [0.2, 0.25) is 5.91 Å². The summed E-state index contributed by atoms with van der Waals surface area (Å²) in [4.78, 5) is 10.9. The van der Waals surface area contributed by atoms with Crippen LogP contribution >= 0.6 is 0 Å². The number of benzene rings is 1. The summed E-state index contributed by atoms with van der Waals surface area (Å²) < 4.78 is 50.6. The highest BCUT2D eigenvalue weighted by Crippen LogP contribution is 2.32. The Morgan fingerprint density at radius 2 is 1.94 bits per heavy atom. The summed E-state index contributed by atoms with van der Waals surface area (Å²) in [7, 11) is 0. The number of hydrazone groups is 1. The first kappa shape index (κ1) is 12.5. The molecule has 0 bridgehead atoms. The molecule has 2 rings (SSSR count). The zero-order valence-electron chi connectivity index (χ0n) is 9.01. The summed E-state index contributed by atoms with van der Waals surface area (Å²) in [5.74, 6) is -1.62. The van der Waals surface area contributed by atoms with E-state index in [1.54, 1.807) is 0 Å². The molecule has 0 spiro atoms. The van der Waals surface area contributed by atoms with Gasteiger partial charge in [-0.3, -0.25) is 4.79 Å². The molecule has 3 nitrogen and oxygen atoms in total. The molecule has 0 atom stereocenters. The van der Waals surface area contributed by atoms with Crippen LogP contribution in [0.5, 0.6) is 0 Å². The molecule has 18 heavy (non-hydrogen) atoms. The molecule has 1 N–H and O–H groups in total. The molecule has 0 saturated carbocycles. The van der Waals surface area contributed by atoms with E-state index in [0.717, 1.165) is 6.07 Å². The van der Waals surface area contributed by atoms with Crippen LogP contribution in [0, 0.1) is 5.82 Å². The number of nitrogens with one attached hydrogen (secondary N) is 1. The summed E-state index contributed by atoms with van der Waals surface area (Å²) in [6.07, 6.45) is -4.37. The zero-order valence-corrected chi connectivity index (χ0v) is 9.01. The Kier molecular flexibility index (Phi) is 3.06. The maximum absolute atomic E-state index is 13.1. The highest BCUT2D eigenvalue weighted by Gasteiger charge is 2.34. The zero-order chi connectivity index (χ0) is 13.3. The Hall–Kier alpha value is -1.92. The lowest BCUT2D eigenvalue weighted by Gasteiger charge is -2.14. The molecule has 96 valence electrons. The maximum Gasteiger partial charge on any atom is 0.419 e. The fourth-order valence-electron chi connectivity index (χ4n) is 1.60. The fourth-order valence-corrected chi connectivity index (χ4v) is 1.60. The first-order chi connectivity index (χ1) is 8.38. The van der Waals surface area contributed by atoms with Gasteiger partial charge in [-0.15, -0.1) is 0 Å². The van der Waals surface area contributed by atoms with Crippen molar-refractivity contribution in [3.63, 3.8) is 0 Å². The van der Waals surface area contributed by atoms with Crippen molar-refractivity contribution in [2.45, 2.75) is 19.0 Å². The molecule has 0 aliphatic carbocycles. The van der Waals surface area contributed by atoms with Crippen molar-refractivity contribution in [2.24, 2.45) is 5.10 Å². The van der Waals surface area contributed by atoms with Gasteiger partial charge >= 0.3 is 6.18 Å². The van der Waals surface area contributed by atoms with Crippen molar-refractivity contribution in [1.82, 2.24) is 5.43 Å². The average Bonchev–Trinajstić information content (AvgIpc) is 2.29. The van der Waals surface area contributed by atoms with E-state index in [1.165, 1.54) is 6.07 Å². The molecule has 0 radical (unpaired) electrons. The van der Waals surface area contributed by atoms with Gasteiger partial charge in [0.25, 0.3) is 0 Å². The second-order valence-corrected chi connectivity index (χ2v) is 3.79. The van der Waals surface area contributed by atoms with E-state index in [9.17, 15) is 22.4 Å². The minimum absolute atomic E-state index is 0.150. The summed E-state index contributed by atoms with van der Waals surface area (Å²) in [6.45, 7) is 0. The Morgan fingerprint density at radius 3 is 2.50 bits per heavy atom. The van der Waals surface area contributed by atoms with Crippen LogP contribution in [0.1, 0.15) is 24.0 Å². The summed E-state index contributed by atoms with van der Waals surface area (Å²) in [6, 6.07) is 2.66. The van der Waals surface area contributed by atoms with Gasteiger partial charge < -0.3 is 0 Å². The van der Waals surface area contributed by atoms with Gasteiger partial charge in [0.15, 0.2) is 0 Å². The van der Waals surface area contributed by atoms with Crippen LogP contribution in [0.3, 0.4) is 0 Å². The molecule has 1 aromatic rings. The number of rotatable bonds is 1. The van der Waals surface area contributed by atoms with Crippen LogP contribution in [0.25, 0.3) is 0 Å². The standard InChI is InChI=1S/C11H8F4N2O/c12-8-2-1-6(5-7(8)11(13,14)15)9-3-4-10(18)17-16-9/h1-2,5H,3-4H2,(H,17,18). The monoisotopic (exact) mass is 260 g/mol. The van der Waals surface area contributed by atoms with Crippen molar-refractivity contribution in [3.8, 4) is 0 Å². The molecule has 0 saturated heterocycles.